The van der Waals surface area contributed by atoms with E-state index in [2.05, 4.69) is 34.2 Å². The number of hydrogen-bond acceptors (Lipinski definition) is 7. The van der Waals surface area contributed by atoms with Crippen LogP contribution in [0.5, 0.6) is 5.75 Å². The lowest BCUT2D eigenvalue weighted by molar-refractivity contribution is 0.152. The predicted octanol–water partition coefficient (Wildman–Crippen LogP) is 5.88. The van der Waals surface area contributed by atoms with Gasteiger partial charge in [-0.15, -0.1) is 0 Å². The first-order valence-electron chi connectivity index (χ1n) is 13.3. The van der Waals surface area contributed by atoms with E-state index in [1.807, 2.05) is 36.9 Å². The summed E-state index contributed by atoms with van der Waals surface area (Å²) in [6.07, 6.45) is 3.28. The third kappa shape index (κ3) is 5.46. The summed E-state index contributed by atoms with van der Waals surface area (Å²) in [5, 5.41) is 17.0. The molecule has 2 amide bonds. The maximum absolute atomic E-state index is 13.0. The molecule has 2 heterocycles. The minimum Gasteiger partial charge on any atom is -0.501 e. The Morgan fingerprint density at radius 1 is 1.26 bits per heavy atom. The van der Waals surface area contributed by atoms with Crippen molar-refractivity contribution in [2.24, 2.45) is 5.92 Å². The summed E-state index contributed by atoms with van der Waals surface area (Å²) in [7, 11) is 1.65. The van der Waals surface area contributed by atoms with Crippen LogP contribution in [0.3, 0.4) is 0 Å². The minimum absolute atomic E-state index is 0. The van der Waals surface area contributed by atoms with Crippen molar-refractivity contribution in [1.29, 1.82) is 5.26 Å². The van der Waals surface area contributed by atoms with Crippen LogP contribution in [-0.2, 0) is 11.2 Å². The van der Waals surface area contributed by atoms with Crippen LogP contribution in [0.25, 0.3) is 22.8 Å². The summed E-state index contributed by atoms with van der Waals surface area (Å²) < 4.78 is 16.6. The van der Waals surface area contributed by atoms with Crippen molar-refractivity contribution in [1.82, 2.24) is 20.4 Å². The Balaban J connectivity index is 0.00000370. The van der Waals surface area contributed by atoms with Crippen LogP contribution >= 0.6 is 0 Å². The number of nitriles is 1. The highest BCUT2D eigenvalue weighted by molar-refractivity contribution is 5.76. The van der Waals surface area contributed by atoms with Crippen LogP contribution in [0.1, 0.15) is 57.3 Å². The van der Waals surface area contributed by atoms with E-state index < -0.39 is 0 Å². The maximum atomic E-state index is 13.0. The fourth-order valence-electron chi connectivity index (χ4n) is 5.38. The molecule has 2 aromatic carbocycles. The molecule has 1 aromatic heterocycles. The van der Waals surface area contributed by atoms with E-state index in [1.165, 1.54) is 0 Å². The summed E-state index contributed by atoms with van der Waals surface area (Å²) in [6.45, 7) is 9.16. The predicted molar refractivity (Wildman–Crippen MR) is 148 cm³/mol. The molecule has 204 valence electrons. The van der Waals surface area contributed by atoms with Gasteiger partial charge in [0.1, 0.15) is 11.8 Å². The molecule has 5 rings (SSSR count). The number of nitrogens with one attached hydrogen (secondary N) is 1. The smallest absolute Gasteiger partial charge is 0.317 e. The lowest BCUT2D eigenvalue weighted by Crippen LogP contribution is -2.45. The van der Waals surface area contributed by atoms with Crippen LogP contribution in [-0.4, -0.2) is 47.4 Å². The van der Waals surface area contributed by atoms with Gasteiger partial charge in [0.05, 0.1) is 30.6 Å². The highest BCUT2D eigenvalue weighted by Crippen LogP contribution is 2.38. The SMILES string of the molecule is C=C(OC)C1CCN(C(=O)N[C@@H]2CCc3c(-c4noc(-c5ccc(OC(C)C)c(C#N)c5)n4)cccc32)CC1.[HH]. The lowest BCUT2D eigenvalue weighted by Gasteiger charge is -2.33. The first-order chi connectivity index (χ1) is 18.9. The molecule has 3 aromatic rings. The van der Waals surface area contributed by atoms with Crippen LogP contribution in [0.4, 0.5) is 4.79 Å². The number of benzene rings is 2. The molecule has 1 fully saturated rings. The van der Waals surface area contributed by atoms with E-state index in [0.29, 0.717) is 47.6 Å². The number of rotatable bonds is 7. The van der Waals surface area contributed by atoms with Crippen molar-refractivity contribution in [3.05, 3.63) is 65.4 Å². The number of hydrogen-bond donors (Lipinski definition) is 1. The Labute approximate surface area is 229 Å². The Morgan fingerprint density at radius 3 is 2.77 bits per heavy atom. The highest BCUT2D eigenvalue weighted by Gasteiger charge is 2.31. The second-order valence-electron chi connectivity index (χ2n) is 10.3. The topological polar surface area (TPSA) is 114 Å². The number of fused-ring (bicyclic) bond motifs is 1. The molecule has 39 heavy (non-hydrogen) atoms. The number of carbonyl (C=O) groups is 1. The number of carbonyl (C=O) groups excluding carboxylic acids is 1. The zero-order valence-corrected chi connectivity index (χ0v) is 22.6. The third-order valence-electron chi connectivity index (χ3n) is 7.44. The van der Waals surface area contributed by atoms with Crippen LogP contribution in [0.2, 0.25) is 0 Å². The van der Waals surface area contributed by atoms with Crippen LogP contribution in [0, 0.1) is 17.2 Å². The van der Waals surface area contributed by atoms with E-state index in [-0.39, 0.29) is 19.6 Å². The molecule has 1 aliphatic carbocycles. The van der Waals surface area contributed by atoms with Gasteiger partial charge in [0.15, 0.2) is 0 Å². The van der Waals surface area contributed by atoms with Gasteiger partial charge in [0.25, 0.3) is 5.89 Å². The van der Waals surface area contributed by atoms with E-state index >= 15 is 0 Å². The molecule has 2 aliphatic rings. The summed E-state index contributed by atoms with van der Waals surface area (Å²) >= 11 is 0. The Bertz CT molecular complexity index is 1420. The number of amides is 2. The maximum Gasteiger partial charge on any atom is 0.317 e. The summed E-state index contributed by atoms with van der Waals surface area (Å²) in [5.74, 6) is 2.42. The molecular weight excluding hydrogens is 494 g/mol. The van der Waals surface area contributed by atoms with Gasteiger partial charge >= 0.3 is 6.03 Å². The fourth-order valence-corrected chi connectivity index (χ4v) is 5.38. The number of urea groups is 1. The second-order valence-corrected chi connectivity index (χ2v) is 10.3. The summed E-state index contributed by atoms with van der Waals surface area (Å²) in [6, 6.07) is 13.3. The summed E-state index contributed by atoms with van der Waals surface area (Å²) in [5.41, 5.74) is 4.14. The number of methoxy groups -OCH3 is 1. The average molecular weight is 530 g/mol. The van der Waals surface area contributed by atoms with E-state index in [1.54, 1.807) is 19.2 Å². The van der Waals surface area contributed by atoms with Crippen LogP contribution < -0.4 is 10.1 Å². The van der Waals surface area contributed by atoms with Gasteiger partial charge in [-0.2, -0.15) is 10.2 Å². The molecule has 1 atom stereocenters. The van der Waals surface area contributed by atoms with Crippen LogP contribution in [0.15, 0.2) is 53.3 Å². The Hall–Kier alpha value is -4.32. The number of aromatic nitrogens is 2. The quantitative estimate of drug-likeness (QED) is 0.380. The van der Waals surface area contributed by atoms with E-state index in [4.69, 9.17) is 14.0 Å². The van der Waals surface area contributed by atoms with Gasteiger partial charge < -0.3 is 24.2 Å². The molecule has 0 unspecified atom stereocenters. The molecule has 1 saturated heterocycles. The van der Waals surface area contributed by atoms with Crippen molar-refractivity contribution in [2.75, 3.05) is 20.2 Å². The largest absolute Gasteiger partial charge is 0.501 e. The number of nitrogens with zero attached hydrogens (tertiary/aromatic N) is 4. The average Bonchev–Trinajstić information content (AvgIpc) is 3.60. The molecule has 1 N–H and O–H groups in total. The second kappa shape index (κ2) is 11.2. The number of likely N-dealkylation sites (tertiary alicyclic amines) is 1. The van der Waals surface area contributed by atoms with Gasteiger partial charge in [-0.3, -0.25) is 0 Å². The van der Waals surface area contributed by atoms with Crippen molar-refractivity contribution in [3.8, 4) is 34.7 Å². The highest BCUT2D eigenvalue weighted by atomic mass is 16.5. The molecule has 0 radical (unpaired) electrons. The van der Waals surface area contributed by atoms with Gasteiger partial charge in [-0.05, 0) is 68.9 Å². The Morgan fingerprint density at radius 2 is 2.05 bits per heavy atom. The number of ether oxygens (including phenoxy) is 2. The first-order valence-corrected chi connectivity index (χ1v) is 13.3. The fraction of sp³-hybridized carbons (Fsp3) is 0.400. The zero-order chi connectivity index (χ0) is 27.5. The van der Waals surface area contributed by atoms with Gasteiger partial charge in [0, 0.05) is 31.6 Å². The molecule has 1 aliphatic heterocycles. The Kier molecular flexibility index (Phi) is 7.55. The van der Waals surface area contributed by atoms with E-state index in [9.17, 15) is 10.1 Å². The normalized spacial score (nSPS) is 17.0. The number of piperidine rings is 1. The standard InChI is InChI=1S/C30H33N5O4.H2/c1-18(2)38-27-11-8-21(16-22(27)17-31)29-33-28(34-39-29)25-7-5-6-24-23(25)9-10-26(24)32-30(36)35-14-12-20(13-15-35)19(3)37-4;/h5-8,11,16,18,20,26H,3,9-10,12-15H2,1-2,4H3,(H,32,36);1H/t26-;/m1./s1. The lowest BCUT2D eigenvalue weighted by atomic mass is 9.95. The van der Waals surface area contributed by atoms with Crippen molar-refractivity contribution >= 4 is 6.03 Å². The minimum atomic E-state index is -0.0721. The molecular formula is C30H35N5O4. The summed E-state index contributed by atoms with van der Waals surface area (Å²) in [4.78, 5) is 19.6. The molecule has 9 nitrogen and oxygen atoms in total. The van der Waals surface area contributed by atoms with Gasteiger partial charge in [0.2, 0.25) is 5.82 Å². The molecule has 0 spiro atoms. The van der Waals surface area contributed by atoms with E-state index in [0.717, 1.165) is 48.1 Å². The van der Waals surface area contributed by atoms with Gasteiger partial charge in [-0.25, -0.2) is 4.79 Å². The first kappa shape index (κ1) is 26.3. The van der Waals surface area contributed by atoms with Crippen molar-refractivity contribution < 1.29 is 20.2 Å². The van der Waals surface area contributed by atoms with Gasteiger partial charge in [-0.1, -0.05) is 29.9 Å². The monoisotopic (exact) mass is 529 g/mol. The molecule has 0 bridgehead atoms. The molecule has 9 heteroatoms. The van der Waals surface area contributed by atoms with Crippen molar-refractivity contribution in [2.45, 2.75) is 51.7 Å². The number of allylic oxidation sites excluding steroid dienone is 1. The third-order valence-corrected chi connectivity index (χ3v) is 7.44. The zero-order valence-electron chi connectivity index (χ0n) is 22.6. The van der Waals surface area contributed by atoms with Crippen molar-refractivity contribution in [3.63, 3.8) is 0 Å². The molecule has 0 saturated carbocycles.